The van der Waals surface area contributed by atoms with E-state index in [1.165, 1.54) is 6.92 Å². The average Bonchev–Trinajstić information content (AvgIpc) is 3.10. The van der Waals surface area contributed by atoms with Crippen LogP contribution in [0.4, 0.5) is 0 Å². The first-order chi connectivity index (χ1) is 11.8. The molecule has 4 rings (SSSR count). The Morgan fingerprint density at radius 2 is 1.92 bits per heavy atom. The Balaban J connectivity index is 1.71. The predicted molar refractivity (Wildman–Crippen MR) is 84.5 cm³/mol. The maximum Gasteiger partial charge on any atom is 0.303 e. The van der Waals surface area contributed by atoms with Gasteiger partial charge in [-0.25, -0.2) is 0 Å². The highest BCUT2D eigenvalue weighted by Crippen LogP contribution is 2.50. The second kappa shape index (κ2) is 5.74. The average molecular weight is 354 g/mol. The molecule has 2 aliphatic heterocycles. The van der Waals surface area contributed by atoms with E-state index in [0.717, 1.165) is 25.7 Å². The Hall–Kier alpha value is -1.02. The topological polar surface area (TPSA) is 80.3 Å². The number of rotatable bonds is 1. The van der Waals surface area contributed by atoms with Crippen LogP contribution in [0.15, 0.2) is 0 Å². The lowest BCUT2D eigenvalue weighted by molar-refractivity contribution is -0.350. The molecule has 4 aliphatic rings. The number of fused-ring (bicyclic) bond motifs is 2. The smallest absolute Gasteiger partial charge is 0.303 e. The van der Waals surface area contributed by atoms with E-state index in [1.54, 1.807) is 0 Å². The minimum atomic E-state index is -0.979. The molecular formula is C18H26O7. The maximum atomic E-state index is 12.7. The molecule has 0 unspecified atom stereocenters. The molecule has 2 heterocycles. The van der Waals surface area contributed by atoms with Crippen LogP contribution in [0, 0.1) is 5.92 Å². The number of ketones is 1. The lowest BCUT2D eigenvalue weighted by Gasteiger charge is -2.53. The monoisotopic (exact) mass is 354 g/mol. The minimum absolute atomic E-state index is 0.0111. The molecule has 0 aromatic carbocycles. The molecule has 0 N–H and O–H groups in total. The molecule has 2 saturated heterocycles. The van der Waals surface area contributed by atoms with Gasteiger partial charge in [0.15, 0.2) is 17.2 Å². The van der Waals surface area contributed by atoms with Gasteiger partial charge < -0.3 is 23.7 Å². The highest BCUT2D eigenvalue weighted by molar-refractivity contribution is 5.84. The van der Waals surface area contributed by atoms with Crippen molar-refractivity contribution >= 4 is 11.8 Å². The fourth-order valence-electron chi connectivity index (χ4n) is 4.69. The molecule has 140 valence electrons. The van der Waals surface area contributed by atoms with Crippen LogP contribution >= 0.6 is 0 Å². The Kier molecular flexibility index (Phi) is 3.99. The van der Waals surface area contributed by atoms with Gasteiger partial charge in [-0.3, -0.25) is 9.59 Å². The van der Waals surface area contributed by atoms with Crippen molar-refractivity contribution < 1.29 is 33.3 Å². The molecule has 0 aromatic rings. The summed E-state index contributed by atoms with van der Waals surface area (Å²) in [6, 6.07) is 0. The van der Waals surface area contributed by atoms with Crippen molar-refractivity contribution in [2.24, 2.45) is 5.92 Å². The van der Waals surface area contributed by atoms with Gasteiger partial charge in [0.05, 0.1) is 19.1 Å². The highest BCUT2D eigenvalue weighted by Gasteiger charge is 2.66. The third-order valence-electron chi connectivity index (χ3n) is 5.81. The summed E-state index contributed by atoms with van der Waals surface area (Å²) in [7, 11) is 0. The fourth-order valence-corrected chi connectivity index (χ4v) is 4.69. The first kappa shape index (κ1) is 17.4. The first-order valence-electron chi connectivity index (χ1n) is 9.11. The van der Waals surface area contributed by atoms with Gasteiger partial charge in [-0.1, -0.05) is 0 Å². The van der Waals surface area contributed by atoms with E-state index in [0.29, 0.717) is 6.61 Å². The van der Waals surface area contributed by atoms with Crippen molar-refractivity contribution in [1.29, 1.82) is 0 Å². The van der Waals surface area contributed by atoms with E-state index in [2.05, 4.69) is 0 Å². The SMILES string of the molecule is CC(=O)O[C@@H]1CC(=O)[C@H]2COC3(CCCC3)O[C@@H]2[C@]12COC(C)(C)O2. The van der Waals surface area contributed by atoms with Crippen LogP contribution in [0.1, 0.15) is 52.9 Å². The van der Waals surface area contributed by atoms with Crippen molar-refractivity contribution in [3.8, 4) is 0 Å². The molecule has 7 nitrogen and oxygen atoms in total. The van der Waals surface area contributed by atoms with E-state index < -0.39 is 41.3 Å². The Bertz CT molecular complexity index is 580. The van der Waals surface area contributed by atoms with Crippen LogP contribution in [0.25, 0.3) is 0 Å². The Morgan fingerprint density at radius 3 is 2.52 bits per heavy atom. The molecule has 25 heavy (non-hydrogen) atoms. The zero-order valence-electron chi connectivity index (χ0n) is 15.0. The summed E-state index contributed by atoms with van der Waals surface area (Å²) in [6.45, 7) is 5.53. The number of carbonyl (C=O) groups excluding carboxylic acids is 2. The molecule has 4 fully saturated rings. The number of hydrogen-bond donors (Lipinski definition) is 0. The van der Waals surface area contributed by atoms with Crippen molar-refractivity contribution in [3.05, 3.63) is 0 Å². The molecule has 2 spiro atoms. The Labute approximate surface area is 147 Å². The third kappa shape index (κ3) is 2.81. The van der Waals surface area contributed by atoms with Crippen molar-refractivity contribution in [2.45, 2.75) is 82.3 Å². The van der Waals surface area contributed by atoms with Gasteiger partial charge in [-0.2, -0.15) is 0 Å². The zero-order chi connectivity index (χ0) is 17.9. The van der Waals surface area contributed by atoms with Gasteiger partial charge in [0.2, 0.25) is 0 Å². The molecule has 0 radical (unpaired) electrons. The van der Waals surface area contributed by atoms with Gasteiger partial charge >= 0.3 is 5.97 Å². The number of carbonyl (C=O) groups is 2. The minimum Gasteiger partial charge on any atom is -0.459 e. The van der Waals surface area contributed by atoms with Gasteiger partial charge in [0, 0.05) is 26.2 Å². The van der Waals surface area contributed by atoms with Crippen molar-refractivity contribution in [3.63, 3.8) is 0 Å². The molecule has 0 aromatic heterocycles. The van der Waals surface area contributed by atoms with E-state index in [9.17, 15) is 9.59 Å². The number of esters is 1. The van der Waals surface area contributed by atoms with Crippen LogP contribution in [0.2, 0.25) is 0 Å². The van der Waals surface area contributed by atoms with Crippen LogP contribution in [-0.4, -0.2) is 54.3 Å². The summed E-state index contributed by atoms with van der Waals surface area (Å²) >= 11 is 0. The predicted octanol–water partition coefficient (Wildman–Crippen LogP) is 1.71. The van der Waals surface area contributed by atoms with Gasteiger partial charge in [0.25, 0.3) is 0 Å². The number of ether oxygens (including phenoxy) is 5. The lowest BCUT2D eigenvalue weighted by Crippen LogP contribution is -2.69. The summed E-state index contributed by atoms with van der Waals surface area (Å²) in [5, 5.41) is 0. The van der Waals surface area contributed by atoms with Crippen LogP contribution in [0.3, 0.4) is 0 Å². The molecule has 4 atom stereocenters. The summed E-state index contributed by atoms with van der Waals surface area (Å²) < 4.78 is 30.0. The second-order valence-corrected chi connectivity index (χ2v) is 8.09. The quantitative estimate of drug-likeness (QED) is 0.663. The molecular weight excluding hydrogens is 328 g/mol. The summed E-state index contributed by atoms with van der Waals surface area (Å²) in [5.41, 5.74) is -0.979. The molecule has 0 bridgehead atoms. The number of Topliss-reactive ketones (excluding diaryl/α,β-unsaturated/α-hetero) is 1. The van der Waals surface area contributed by atoms with E-state index in [1.807, 2.05) is 13.8 Å². The van der Waals surface area contributed by atoms with Gasteiger partial charge in [-0.05, 0) is 26.7 Å². The summed E-state index contributed by atoms with van der Waals surface area (Å²) in [4.78, 5) is 24.3. The highest BCUT2D eigenvalue weighted by atomic mass is 16.8. The van der Waals surface area contributed by atoms with E-state index >= 15 is 0 Å². The van der Waals surface area contributed by atoms with Gasteiger partial charge in [0.1, 0.15) is 18.0 Å². The zero-order valence-corrected chi connectivity index (χ0v) is 15.0. The Morgan fingerprint density at radius 1 is 1.20 bits per heavy atom. The fraction of sp³-hybridized carbons (Fsp3) is 0.889. The molecule has 2 aliphatic carbocycles. The van der Waals surface area contributed by atoms with Crippen LogP contribution < -0.4 is 0 Å². The van der Waals surface area contributed by atoms with E-state index in [-0.39, 0.29) is 18.8 Å². The molecule has 2 saturated carbocycles. The molecule has 7 heteroatoms. The van der Waals surface area contributed by atoms with Crippen LogP contribution in [0.5, 0.6) is 0 Å². The lowest BCUT2D eigenvalue weighted by atomic mass is 9.72. The van der Waals surface area contributed by atoms with Crippen LogP contribution in [-0.2, 0) is 33.3 Å². The normalized spacial score (nSPS) is 41.9. The number of hydrogen-bond acceptors (Lipinski definition) is 7. The second-order valence-electron chi connectivity index (χ2n) is 8.09. The first-order valence-corrected chi connectivity index (χ1v) is 9.11. The standard InChI is InChI=1S/C18H26O7/c1-11(19)23-14-8-13(20)12-9-21-17(6-4-5-7-17)24-15(12)18(14)10-22-16(2,3)25-18/h12,14-15H,4-10H2,1-3H3/t12-,14-,15+,18+/m1/s1. The van der Waals surface area contributed by atoms with E-state index in [4.69, 9.17) is 23.7 Å². The third-order valence-corrected chi connectivity index (χ3v) is 5.81. The maximum absolute atomic E-state index is 12.7. The van der Waals surface area contributed by atoms with Crippen molar-refractivity contribution in [1.82, 2.24) is 0 Å². The summed E-state index contributed by atoms with van der Waals surface area (Å²) in [6.07, 6.45) is 2.54. The largest absolute Gasteiger partial charge is 0.459 e. The van der Waals surface area contributed by atoms with Crippen molar-refractivity contribution in [2.75, 3.05) is 13.2 Å². The molecule has 0 amide bonds. The van der Waals surface area contributed by atoms with Gasteiger partial charge in [-0.15, -0.1) is 0 Å². The summed E-state index contributed by atoms with van der Waals surface area (Å²) in [5.74, 6) is -2.35.